The van der Waals surface area contributed by atoms with Crippen molar-refractivity contribution in [2.75, 3.05) is 19.6 Å². The van der Waals surface area contributed by atoms with Crippen LogP contribution < -0.4 is 10.6 Å². The summed E-state index contributed by atoms with van der Waals surface area (Å²) in [6.07, 6.45) is 0.318. The van der Waals surface area contributed by atoms with Crippen molar-refractivity contribution in [3.8, 4) is 5.69 Å². The lowest BCUT2D eigenvalue weighted by Gasteiger charge is -2.27. The quantitative estimate of drug-likeness (QED) is 0.879. The molecule has 1 aromatic carbocycles. The summed E-state index contributed by atoms with van der Waals surface area (Å²) in [4.78, 5) is 12.1. The Balaban J connectivity index is 1.72. The second-order valence-electron chi connectivity index (χ2n) is 6.04. The van der Waals surface area contributed by atoms with Crippen molar-refractivity contribution in [2.24, 2.45) is 5.92 Å². The van der Waals surface area contributed by atoms with Crippen LogP contribution in [0.15, 0.2) is 24.3 Å². The Morgan fingerprint density at radius 1 is 1.35 bits per heavy atom. The van der Waals surface area contributed by atoms with Crippen molar-refractivity contribution in [3.05, 3.63) is 47.0 Å². The van der Waals surface area contributed by atoms with E-state index in [1.807, 2.05) is 13.8 Å². The van der Waals surface area contributed by atoms with Gasteiger partial charge in [-0.15, -0.1) is 0 Å². The van der Waals surface area contributed by atoms with Crippen LogP contribution in [-0.4, -0.2) is 35.3 Å². The first-order valence-electron chi connectivity index (χ1n) is 7.83. The molecule has 6 heteroatoms. The summed E-state index contributed by atoms with van der Waals surface area (Å²) < 4.78 is 14.8. The van der Waals surface area contributed by atoms with Crippen LogP contribution >= 0.6 is 0 Å². The van der Waals surface area contributed by atoms with Crippen LogP contribution in [0.3, 0.4) is 0 Å². The van der Waals surface area contributed by atoms with Crippen molar-refractivity contribution in [1.82, 2.24) is 20.4 Å². The molecule has 2 aromatic rings. The average Bonchev–Trinajstić information content (AvgIpc) is 2.75. The van der Waals surface area contributed by atoms with Crippen LogP contribution in [0.1, 0.15) is 17.0 Å². The molecule has 23 heavy (non-hydrogen) atoms. The Morgan fingerprint density at radius 3 is 2.65 bits per heavy atom. The molecule has 0 bridgehead atoms. The van der Waals surface area contributed by atoms with Gasteiger partial charge >= 0.3 is 0 Å². The third kappa shape index (κ3) is 3.42. The fourth-order valence-corrected chi connectivity index (χ4v) is 2.74. The fraction of sp³-hybridized carbons (Fsp3) is 0.412. The third-order valence-corrected chi connectivity index (χ3v) is 4.30. The molecule has 0 spiro atoms. The van der Waals surface area contributed by atoms with Gasteiger partial charge in [0.25, 0.3) is 0 Å². The van der Waals surface area contributed by atoms with Gasteiger partial charge in [0.2, 0.25) is 5.91 Å². The highest BCUT2D eigenvalue weighted by molar-refractivity contribution is 5.79. The van der Waals surface area contributed by atoms with Gasteiger partial charge < -0.3 is 10.6 Å². The van der Waals surface area contributed by atoms with Crippen LogP contribution in [-0.2, 0) is 11.2 Å². The summed E-state index contributed by atoms with van der Waals surface area (Å²) in [5.74, 6) is 0.283. The van der Waals surface area contributed by atoms with E-state index in [9.17, 15) is 9.18 Å². The lowest BCUT2D eigenvalue weighted by atomic mass is 10.0. The molecular formula is C17H21FN4O. The van der Waals surface area contributed by atoms with Crippen LogP contribution in [0.2, 0.25) is 0 Å². The Morgan fingerprint density at radius 2 is 2.04 bits per heavy atom. The van der Waals surface area contributed by atoms with E-state index < -0.39 is 0 Å². The van der Waals surface area contributed by atoms with Crippen molar-refractivity contribution >= 4 is 5.91 Å². The molecule has 2 heterocycles. The minimum absolute atomic E-state index is 0.0155. The van der Waals surface area contributed by atoms with Gasteiger partial charge in [-0.3, -0.25) is 4.79 Å². The molecular weight excluding hydrogens is 295 g/mol. The standard InChI is InChI=1S/C17H21FN4O/c1-11-16(7-17(23)20-10-13-8-19-9-13)12(2)22(21-11)15-5-3-14(18)4-6-15/h3-6,13,19H,7-10H2,1-2H3,(H,20,23). The number of hydrogen-bond acceptors (Lipinski definition) is 3. The third-order valence-electron chi connectivity index (χ3n) is 4.30. The highest BCUT2D eigenvalue weighted by Gasteiger charge is 2.19. The molecule has 1 amide bonds. The van der Waals surface area contributed by atoms with Crippen LogP contribution in [0, 0.1) is 25.6 Å². The lowest BCUT2D eigenvalue weighted by Crippen LogP contribution is -2.48. The van der Waals surface area contributed by atoms with E-state index in [-0.39, 0.29) is 11.7 Å². The molecule has 0 atom stereocenters. The number of aromatic nitrogens is 2. The Hall–Kier alpha value is -2.21. The van der Waals surface area contributed by atoms with Gasteiger partial charge in [0.05, 0.1) is 17.8 Å². The van der Waals surface area contributed by atoms with Crippen molar-refractivity contribution in [2.45, 2.75) is 20.3 Å². The molecule has 0 unspecified atom stereocenters. The molecule has 2 N–H and O–H groups in total. The van der Waals surface area contributed by atoms with Gasteiger partial charge in [-0.05, 0) is 38.1 Å². The summed E-state index contributed by atoms with van der Waals surface area (Å²) in [6, 6.07) is 6.18. The second-order valence-corrected chi connectivity index (χ2v) is 6.04. The molecule has 0 saturated carbocycles. The van der Waals surface area contributed by atoms with E-state index in [4.69, 9.17) is 0 Å². The second kappa shape index (κ2) is 6.50. The maximum atomic E-state index is 13.1. The molecule has 0 radical (unpaired) electrons. The smallest absolute Gasteiger partial charge is 0.224 e. The van der Waals surface area contributed by atoms with Crippen LogP contribution in [0.4, 0.5) is 4.39 Å². The fourth-order valence-electron chi connectivity index (χ4n) is 2.74. The number of nitrogens with one attached hydrogen (secondary N) is 2. The Bertz CT molecular complexity index is 704. The number of carbonyl (C=O) groups is 1. The number of carbonyl (C=O) groups excluding carboxylic acids is 1. The first kappa shape index (κ1) is 15.7. The van der Waals surface area contributed by atoms with Gasteiger partial charge in [0.1, 0.15) is 5.82 Å². The largest absolute Gasteiger partial charge is 0.355 e. The normalized spacial score (nSPS) is 14.6. The SMILES string of the molecule is Cc1nn(-c2ccc(F)cc2)c(C)c1CC(=O)NCC1CNC1. The maximum absolute atomic E-state index is 13.1. The summed E-state index contributed by atoms with van der Waals surface area (Å²) in [5.41, 5.74) is 3.46. The van der Waals surface area contributed by atoms with Gasteiger partial charge in [-0.25, -0.2) is 9.07 Å². The van der Waals surface area contributed by atoms with Crippen molar-refractivity contribution < 1.29 is 9.18 Å². The Kier molecular flexibility index (Phi) is 4.43. The minimum Gasteiger partial charge on any atom is -0.355 e. The predicted octanol–water partition coefficient (Wildman–Crippen LogP) is 1.51. The van der Waals surface area contributed by atoms with Crippen molar-refractivity contribution in [1.29, 1.82) is 0 Å². The summed E-state index contributed by atoms with van der Waals surface area (Å²) in [7, 11) is 0. The average molecular weight is 316 g/mol. The minimum atomic E-state index is -0.277. The topological polar surface area (TPSA) is 59.0 Å². The summed E-state index contributed by atoms with van der Waals surface area (Å²) >= 11 is 0. The number of benzene rings is 1. The van der Waals surface area contributed by atoms with E-state index in [1.165, 1.54) is 12.1 Å². The van der Waals surface area contributed by atoms with Crippen LogP contribution in [0.5, 0.6) is 0 Å². The molecule has 1 saturated heterocycles. The zero-order valence-electron chi connectivity index (χ0n) is 13.4. The van der Waals surface area contributed by atoms with E-state index in [0.717, 1.165) is 42.3 Å². The van der Waals surface area contributed by atoms with E-state index in [0.29, 0.717) is 12.3 Å². The Labute approximate surface area is 134 Å². The number of amides is 1. The van der Waals surface area contributed by atoms with E-state index in [1.54, 1.807) is 16.8 Å². The zero-order chi connectivity index (χ0) is 16.4. The van der Waals surface area contributed by atoms with Gasteiger partial charge in [-0.1, -0.05) is 0 Å². The lowest BCUT2D eigenvalue weighted by molar-refractivity contribution is -0.120. The molecule has 5 nitrogen and oxygen atoms in total. The van der Waals surface area contributed by atoms with Crippen LogP contribution in [0.25, 0.3) is 5.69 Å². The van der Waals surface area contributed by atoms with Gasteiger partial charge in [0.15, 0.2) is 0 Å². The summed E-state index contributed by atoms with van der Waals surface area (Å²) in [6.45, 7) is 6.49. The molecule has 122 valence electrons. The molecule has 1 aromatic heterocycles. The summed E-state index contributed by atoms with van der Waals surface area (Å²) in [5, 5.41) is 10.7. The van der Waals surface area contributed by atoms with Gasteiger partial charge in [0, 0.05) is 36.8 Å². The van der Waals surface area contributed by atoms with E-state index >= 15 is 0 Å². The van der Waals surface area contributed by atoms with Gasteiger partial charge in [-0.2, -0.15) is 5.10 Å². The molecule has 0 aliphatic carbocycles. The zero-order valence-corrected chi connectivity index (χ0v) is 13.4. The number of hydrogen-bond donors (Lipinski definition) is 2. The number of halogens is 1. The first-order chi connectivity index (χ1) is 11.0. The number of nitrogens with zero attached hydrogens (tertiary/aromatic N) is 2. The van der Waals surface area contributed by atoms with Crippen molar-refractivity contribution in [3.63, 3.8) is 0 Å². The highest BCUT2D eigenvalue weighted by atomic mass is 19.1. The first-order valence-corrected chi connectivity index (χ1v) is 7.83. The molecule has 1 aliphatic rings. The highest BCUT2D eigenvalue weighted by Crippen LogP contribution is 2.18. The molecule has 1 fully saturated rings. The molecule has 1 aliphatic heterocycles. The maximum Gasteiger partial charge on any atom is 0.224 e. The predicted molar refractivity (Wildman–Crippen MR) is 86.1 cm³/mol. The van der Waals surface area contributed by atoms with E-state index in [2.05, 4.69) is 15.7 Å². The monoisotopic (exact) mass is 316 g/mol. The number of aryl methyl sites for hydroxylation is 1. The molecule has 3 rings (SSSR count). The number of rotatable bonds is 5.